The molecule has 0 aromatic carbocycles. The number of rotatable bonds is 2. The highest BCUT2D eigenvalue weighted by atomic mass is 35.5. The van der Waals surface area contributed by atoms with E-state index in [2.05, 4.69) is 10.6 Å². The third-order valence-electron chi connectivity index (χ3n) is 0.773. The zero-order valence-electron chi connectivity index (χ0n) is 5.34. The van der Waals surface area contributed by atoms with Crippen LogP contribution in [0.5, 0.6) is 0 Å². The molecule has 0 bridgehead atoms. The molecule has 4 nitrogen and oxygen atoms in total. The Morgan fingerprint density at radius 1 is 1.67 bits per heavy atom. The van der Waals surface area contributed by atoms with Gasteiger partial charge in [0.05, 0.1) is 6.17 Å². The zero-order chi connectivity index (χ0) is 6.57. The predicted octanol–water partition coefficient (Wildman–Crippen LogP) is 0.241. The molecule has 0 saturated heterocycles. The Balaban J connectivity index is 0. The summed E-state index contributed by atoms with van der Waals surface area (Å²) in [5.41, 5.74) is 0. The first-order valence-electron chi connectivity index (χ1n) is 2.33. The number of amides is 1. The van der Waals surface area contributed by atoms with Crippen LogP contribution in [0, 0.1) is 0 Å². The fraction of sp³-hybridized carbons (Fsp3) is 0.750. The van der Waals surface area contributed by atoms with Gasteiger partial charge in [-0.3, -0.25) is 0 Å². The van der Waals surface area contributed by atoms with Crippen LogP contribution in [-0.2, 0) is 0 Å². The molecule has 56 valence electrons. The van der Waals surface area contributed by atoms with Crippen LogP contribution in [0.2, 0.25) is 0 Å². The molecule has 0 fully saturated rings. The van der Waals surface area contributed by atoms with Crippen molar-refractivity contribution in [3.8, 4) is 0 Å². The molecule has 0 aliphatic heterocycles. The summed E-state index contributed by atoms with van der Waals surface area (Å²) < 4.78 is 0. The molecule has 0 radical (unpaired) electrons. The number of nitrogens with one attached hydrogen (secondary N) is 2. The summed E-state index contributed by atoms with van der Waals surface area (Å²) in [6, 6.07) is 0. The second-order valence-corrected chi connectivity index (χ2v) is 1.46. The predicted molar refractivity (Wildman–Crippen MR) is 36.9 cm³/mol. The van der Waals surface area contributed by atoms with E-state index in [1.54, 1.807) is 14.0 Å². The second kappa shape index (κ2) is 5.65. The maximum atomic E-state index is 9.82. The van der Waals surface area contributed by atoms with Gasteiger partial charge in [-0.1, -0.05) is 0 Å². The summed E-state index contributed by atoms with van der Waals surface area (Å²) in [6.07, 6.45) is -1.18. The highest BCUT2D eigenvalue weighted by molar-refractivity contribution is 5.85. The van der Waals surface area contributed by atoms with E-state index >= 15 is 0 Å². The Labute approximate surface area is 60.0 Å². The maximum absolute atomic E-state index is 9.82. The van der Waals surface area contributed by atoms with E-state index in [4.69, 9.17) is 5.11 Å². The van der Waals surface area contributed by atoms with Gasteiger partial charge >= 0.3 is 6.09 Å². The van der Waals surface area contributed by atoms with E-state index in [0.717, 1.165) is 0 Å². The molecule has 0 rings (SSSR count). The summed E-state index contributed by atoms with van der Waals surface area (Å²) in [5, 5.41) is 13.0. The standard InChI is InChI=1S/C4H10N2O2.ClH/c1-3(5-2)6-4(7)8;/h3,5-6H,1-2H3,(H,7,8);1H. The van der Waals surface area contributed by atoms with Crippen LogP contribution in [0.25, 0.3) is 0 Å². The van der Waals surface area contributed by atoms with Gasteiger partial charge < -0.3 is 15.7 Å². The van der Waals surface area contributed by atoms with Crippen LogP contribution in [0.3, 0.4) is 0 Å². The van der Waals surface area contributed by atoms with Gasteiger partial charge in [0.15, 0.2) is 0 Å². The molecule has 0 heterocycles. The second-order valence-electron chi connectivity index (χ2n) is 1.46. The van der Waals surface area contributed by atoms with Crippen LogP contribution in [0.4, 0.5) is 4.79 Å². The van der Waals surface area contributed by atoms with E-state index in [-0.39, 0.29) is 18.6 Å². The summed E-state index contributed by atoms with van der Waals surface area (Å²) in [5.74, 6) is 0. The smallest absolute Gasteiger partial charge is 0.405 e. The molecule has 1 unspecified atom stereocenters. The number of hydrogen-bond donors (Lipinski definition) is 3. The summed E-state index contributed by atoms with van der Waals surface area (Å²) in [7, 11) is 1.68. The molecule has 0 aliphatic carbocycles. The average Bonchev–Trinajstić information content (AvgIpc) is 1.65. The van der Waals surface area contributed by atoms with Crippen molar-refractivity contribution in [2.45, 2.75) is 13.1 Å². The maximum Gasteiger partial charge on any atom is 0.405 e. The van der Waals surface area contributed by atoms with Gasteiger partial charge in [0.1, 0.15) is 0 Å². The Morgan fingerprint density at radius 3 is 2.22 bits per heavy atom. The molecule has 0 spiro atoms. The number of carboxylic acid groups (broad SMARTS) is 1. The van der Waals surface area contributed by atoms with Crippen LogP contribution in [0.15, 0.2) is 0 Å². The normalized spacial score (nSPS) is 11.3. The Bertz CT molecular complexity index is 88.6. The Morgan fingerprint density at radius 2 is 2.11 bits per heavy atom. The van der Waals surface area contributed by atoms with Gasteiger partial charge in [0, 0.05) is 0 Å². The SMILES string of the molecule is CNC(C)NC(=O)O.Cl. The minimum atomic E-state index is -1.01. The molecular weight excluding hydrogens is 144 g/mol. The lowest BCUT2D eigenvalue weighted by Gasteiger charge is -2.07. The fourth-order valence-corrected chi connectivity index (χ4v) is 0.257. The van der Waals surface area contributed by atoms with Crippen LogP contribution < -0.4 is 10.6 Å². The van der Waals surface area contributed by atoms with Crippen molar-refractivity contribution >= 4 is 18.5 Å². The number of hydrogen-bond acceptors (Lipinski definition) is 2. The molecular formula is C4H11ClN2O2. The van der Waals surface area contributed by atoms with Gasteiger partial charge in [-0.2, -0.15) is 0 Å². The van der Waals surface area contributed by atoms with Crippen molar-refractivity contribution in [3.05, 3.63) is 0 Å². The molecule has 0 aromatic rings. The molecule has 3 N–H and O–H groups in total. The minimum Gasteiger partial charge on any atom is -0.465 e. The Hall–Kier alpha value is -0.480. The highest BCUT2D eigenvalue weighted by Gasteiger charge is 1.98. The topological polar surface area (TPSA) is 61.4 Å². The van der Waals surface area contributed by atoms with Gasteiger partial charge in [-0.25, -0.2) is 4.79 Å². The lowest BCUT2D eigenvalue weighted by molar-refractivity contribution is 0.189. The van der Waals surface area contributed by atoms with E-state index in [0.29, 0.717) is 0 Å². The molecule has 0 aliphatic rings. The summed E-state index contributed by atoms with van der Waals surface area (Å²) >= 11 is 0. The van der Waals surface area contributed by atoms with Gasteiger partial charge in [0.2, 0.25) is 0 Å². The lowest BCUT2D eigenvalue weighted by atomic mass is 10.6. The average molecular weight is 155 g/mol. The van der Waals surface area contributed by atoms with Gasteiger partial charge in [-0.15, -0.1) is 12.4 Å². The van der Waals surface area contributed by atoms with Crippen molar-refractivity contribution in [2.24, 2.45) is 0 Å². The molecule has 9 heavy (non-hydrogen) atoms. The highest BCUT2D eigenvalue weighted by Crippen LogP contribution is 1.69. The zero-order valence-corrected chi connectivity index (χ0v) is 6.16. The fourth-order valence-electron chi connectivity index (χ4n) is 0.257. The first-order valence-corrected chi connectivity index (χ1v) is 2.33. The molecule has 5 heteroatoms. The van der Waals surface area contributed by atoms with Crippen molar-refractivity contribution in [3.63, 3.8) is 0 Å². The third-order valence-corrected chi connectivity index (χ3v) is 0.773. The Kier molecular flexibility index (Phi) is 7.12. The van der Waals surface area contributed by atoms with E-state index in [1.807, 2.05) is 0 Å². The van der Waals surface area contributed by atoms with Crippen molar-refractivity contribution < 1.29 is 9.90 Å². The van der Waals surface area contributed by atoms with Crippen LogP contribution in [0.1, 0.15) is 6.92 Å². The molecule has 1 atom stereocenters. The van der Waals surface area contributed by atoms with Crippen LogP contribution >= 0.6 is 12.4 Å². The molecule has 0 aromatic heterocycles. The summed E-state index contributed by atoms with van der Waals surface area (Å²) in [6.45, 7) is 1.72. The minimum absolute atomic E-state index is 0. The number of carbonyl (C=O) groups is 1. The monoisotopic (exact) mass is 154 g/mol. The quantitative estimate of drug-likeness (QED) is 0.500. The van der Waals surface area contributed by atoms with E-state index in [9.17, 15) is 4.79 Å². The summed E-state index contributed by atoms with van der Waals surface area (Å²) in [4.78, 5) is 9.82. The van der Waals surface area contributed by atoms with E-state index < -0.39 is 6.09 Å². The third kappa shape index (κ3) is 7.52. The lowest BCUT2D eigenvalue weighted by Crippen LogP contribution is -2.40. The van der Waals surface area contributed by atoms with Crippen molar-refractivity contribution in [1.82, 2.24) is 10.6 Å². The first kappa shape index (κ1) is 11.3. The van der Waals surface area contributed by atoms with Gasteiger partial charge in [0.25, 0.3) is 0 Å². The van der Waals surface area contributed by atoms with Gasteiger partial charge in [-0.05, 0) is 14.0 Å². The van der Waals surface area contributed by atoms with Crippen LogP contribution in [-0.4, -0.2) is 24.4 Å². The van der Waals surface area contributed by atoms with E-state index in [1.165, 1.54) is 0 Å². The van der Waals surface area contributed by atoms with Crippen molar-refractivity contribution in [2.75, 3.05) is 7.05 Å². The first-order chi connectivity index (χ1) is 3.66. The van der Waals surface area contributed by atoms with Crippen molar-refractivity contribution in [1.29, 1.82) is 0 Å². The largest absolute Gasteiger partial charge is 0.465 e. The molecule has 0 saturated carbocycles. The molecule has 1 amide bonds. The number of halogens is 1.